The molecule has 1 aromatic carbocycles. The normalized spacial score (nSPS) is 19.2. The molecule has 17 heavy (non-hydrogen) atoms. The zero-order chi connectivity index (χ0) is 12.8. The molecule has 94 valence electrons. The molecule has 3 N–H and O–H groups in total. The molecule has 0 saturated heterocycles. The van der Waals surface area contributed by atoms with Gasteiger partial charge in [-0.1, -0.05) is 6.07 Å². The molecule has 0 aromatic heterocycles. The van der Waals surface area contributed by atoms with Crippen LogP contribution in [0.1, 0.15) is 40.7 Å². The molecule has 2 heteroatoms. The molecule has 0 heterocycles. The van der Waals surface area contributed by atoms with Crippen LogP contribution in [0.15, 0.2) is 6.07 Å². The first-order chi connectivity index (χ1) is 7.91. The van der Waals surface area contributed by atoms with E-state index >= 15 is 0 Å². The zero-order valence-electron chi connectivity index (χ0n) is 11.3. The molecule has 0 aliphatic heterocycles. The van der Waals surface area contributed by atoms with E-state index in [0.29, 0.717) is 12.5 Å². The van der Waals surface area contributed by atoms with Crippen molar-refractivity contribution in [3.63, 3.8) is 0 Å². The summed E-state index contributed by atoms with van der Waals surface area (Å²) in [6.07, 6.45) is 2.19. The fourth-order valence-electron chi connectivity index (χ4n) is 2.90. The van der Waals surface area contributed by atoms with Gasteiger partial charge in [-0.25, -0.2) is 0 Å². The van der Waals surface area contributed by atoms with Crippen molar-refractivity contribution in [2.45, 2.75) is 46.1 Å². The molecular formula is C15H23NO. The molecule has 0 amide bonds. The molecule has 2 nitrogen and oxygen atoms in total. The Kier molecular flexibility index (Phi) is 3.04. The second-order valence-electron chi connectivity index (χ2n) is 5.54. The third kappa shape index (κ3) is 1.90. The van der Waals surface area contributed by atoms with Crippen molar-refractivity contribution in [1.82, 2.24) is 0 Å². The van der Waals surface area contributed by atoms with Crippen molar-refractivity contribution >= 4 is 0 Å². The van der Waals surface area contributed by atoms with E-state index in [1.165, 1.54) is 22.3 Å². The van der Waals surface area contributed by atoms with Crippen LogP contribution in [0.2, 0.25) is 0 Å². The minimum absolute atomic E-state index is 0.322. The maximum absolute atomic E-state index is 10.9. The molecule has 1 aliphatic carbocycles. The molecule has 1 saturated carbocycles. The van der Waals surface area contributed by atoms with Crippen LogP contribution < -0.4 is 5.73 Å². The quantitative estimate of drug-likeness (QED) is 0.842. The summed E-state index contributed by atoms with van der Waals surface area (Å²) in [5.74, 6) is 0.353. The van der Waals surface area contributed by atoms with Gasteiger partial charge in [0.05, 0.1) is 0 Å². The van der Waals surface area contributed by atoms with E-state index in [9.17, 15) is 5.11 Å². The van der Waals surface area contributed by atoms with Gasteiger partial charge in [0, 0.05) is 6.54 Å². The number of rotatable bonds is 3. The Morgan fingerprint density at radius 1 is 1.18 bits per heavy atom. The predicted molar refractivity (Wildman–Crippen MR) is 71.1 cm³/mol. The van der Waals surface area contributed by atoms with E-state index in [0.717, 1.165) is 18.4 Å². The fourth-order valence-corrected chi connectivity index (χ4v) is 2.90. The van der Waals surface area contributed by atoms with Crippen molar-refractivity contribution in [2.24, 2.45) is 11.7 Å². The largest absolute Gasteiger partial charge is 0.384 e. The first kappa shape index (κ1) is 12.6. The first-order valence-electron chi connectivity index (χ1n) is 6.42. The van der Waals surface area contributed by atoms with Gasteiger partial charge in [0.1, 0.15) is 5.60 Å². The van der Waals surface area contributed by atoms with Crippen molar-refractivity contribution in [2.75, 3.05) is 6.54 Å². The van der Waals surface area contributed by atoms with Crippen molar-refractivity contribution < 1.29 is 5.11 Å². The Bertz CT molecular complexity index is 422. The summed E-state index contributed by atoms with van der Waals surface area (Å²) < 4.78 is 0. The standard InChI is InChI=1S/C15H23NO/c1-9-7-10(2)12(4)14(11(9)3)15(17,8-16)13-5-6-13/h7,13,17H,5-6,8,16H2,1-4H3. The first-order valence-corrected chi connectivity index (χ1v) is 6.42. The smallest absolute Gasteiger partial charge is 0.105 e. The lowest BCUT2D eigenvalue weighted by Crippen LogP contribution is -2.39. The third-order valence-corrected chi connectivity index (χ3v) is 4.36. The van der Waals surface area contributed by atoms with Crippen LogP contribution in [-0.2, 0) is 5.60 Å². The SMILES string of the molecule is Cc1cc(C)c(C)c(C(O)(CN)C2CC2)c1C. The minimum Gasteiger partial charge on any atom is -0.384 e. The number of nitrogens with two attached hydrogens (primary N) is 1. The lowest BCUT2D eigenvalue weighted by atomic mass is 9.80. The van der Waals surface area contributed by atoms with Gasteiger partial charge in [0.2, 0.25) is 0 Å². The second kappa shape index (κ2) is 4.11. The summed E-state index contributed by atoms with van der Waals surface area (Å²) in [5, 5.41) is 10.9. The molecule has 2 rings (SSSR count). The van der Waals surface area contributed by atoms with E-state index in [1.807, 2.05) is 0 Å². The summed E-state index contributed by atoms with van der Waals surface area (Å²) in [5.41, 5.74) is 11.0. The van der Waals surface area contributed by atoms with Gasteiger partial charge in [-0.15, -0.1) is 0 Å². The van der Waals surface area contributed by atoms with Crippen LogP contribution in [0.5, 0.6) is 0 Å². The van der Waals surface area contributed by atoms with Crippen molar-refractivity contribution in [1.29, 1.82) is 0 Å². The fraction of sp³-hybridized carbons (Fsp3) is 0.600. The van der Waals surface area contributed by atoms with Crippen LogP contribution in [0.4, 0.5) is 0 Å². The summed E-state index contributed by atoms with van der Waals surface area (Å²) in [7, 11) is 0. The number of hydrogen-bond acceptors (Lipinski definition) is 2. The maximum Gasteiger partial charge on any atom is 0.105 e. The predicted octanol–water partition coefficient (Wildman–Crippen LogP) is 2.48. The Labute approximate surface area is 104 Å². The van der Waals surface area contributed by atoms with Gasteiger partial charge < -0.3 is 10.8 Å². The van der Waals surface area contributed by atoms with Gasteiger partial charge in [0.15, 0.2) is 0 Å². The lowest BCUT2D eigenvalue weighted by Gasteiger charge is -2.32. The highest BCUT2D eigenvalue weighted by molar-refractivity contribution is 5.48. The van der Waals surface area contributed by atoms with Gasteiger partial charge in [0.25, 0.3) is 0 Å². The Morgan fingerprint density at radius 3 is 2.00 bits per heavy atom. The number of hydrogen-bond donors (Lipinski definition) is 2. The molecule has 1 fully saturated rings. The van der Waals surface area contributed by atoms with Crippen LogP contribution in [0.3, 0.4) is 0 Å². The number of aliphatic hydroxyl groups is 1. The highest BCUT2D eigenvalue weighted by Crippen LogP contribution is 2.47. The Morgan fingerprint density at radius 2 is 1.65 bits per heavy atom. The molecule has 1 unspecified atom stereocenters. The second-order valence-corrected chi connectivity index (χ2v) is 5.54. The van der Waals surface area contributed by atoms with E-state index in [-0.39, 0.29) is 0 Å². The molecule has 0 spiro atoms. The third-order valence-electron chi connectivity index (χ3n) is 4.36. The average molecular weight is 233 g/mol. The van der Waals surface area contributed by atoms with E-state index < -0.39 is 5.60 Å². The van der Waals surface area contributed by atoms with E-state index in [1.54, 1.807) is 0 Å². The van der Waals surface area contributed by atoms with Gasteiger partial charge in [-0.2, -0.15) is 0 Å². The summed E-state index contributed by atoms with van der Waals surface area (Å²) in [4.78, 5) is 0. The van der Waals surface area contributed by atoms with Crippen molar-refractivity contribution in [3.05, 3.63) is 33.9 Å². The summed E-state index contributed by atoms with van der Waals surface area (Å²) in [6, 6.07) is 2.19. The maximum atomic E-state index is 10.9. The highest BCUT2D eigenvalue weighted by atomic mass is 16.3. The van der Waals surface area contributed by atoms with E-state index in [2.05, 4.69) is 33.8 Å². The van der Waals surface area contributed by atoms with E-state index in [4.69, 9.17) is 5.73 Å². The molecule has 1 aliphatic rings. The molecule has 0 radical (unpaired) electrons. The molecule has 1 aromatic rings. The lowest BCUT2D eigenvalue weighted by molar-refractivity contribution is 0.0209. The van der Waals surface area contributed by atoms with Gasteiger partial charge in [-0.3, -0.25) is 0 Å². The Balaban J connectivity index is 2.64. The van der Waals surface area contributed by atoms with Crippen molar-refractivity contribution in [3.8, 4) is 0 Å². The van der Waals surface area contributed by atoms with Crippen LogP contribution >= 0.6 is 0 Å². The number of benzene rings is 1. The average Bonchev–Trinajstić information content (AvgIpc) is 3.10. The molecular weight excluding hydrogens is 210 g/mol. The van der Waals surface area contributed by atoms with Crippen LogP contribution in [0.25, 0.3) is 0 Å². The Hall–Kier alpha value is -0.860. The summed E-state index contributed by atoms with van der Waals surface area (Å²) in [6.45, 7) is 8.73. The zero-order valence-corrected chi connectivity index (χ0v) is 11.3. The van der Waals surface area contributed by atoms with Crippen LogP contribution in [-0.4, -0.2) is 11.7 Å². The molecule has 0 bridgehead atoms. The van der Waals surface area contributed by atoms with Gasteiger partial charge >= 0.3 is 0 Å². The monoisotopic (exact) mass is 233 g/mol. The topological polar surface area (TPSA) is 46.2 Å². The molecule has 1 atom stereocenters. The highest BCUT2D eigenvalue weighted by Gasteiger charge is 2.45. The van der Waals surface area contributed by atoms with Gasteiger partial charge in [-0.05, 0) is 74.3 Å². The minimum atomic E-state index is -0.815. The summed E-state index contributed by atoms with van der Waals surface area (Å²) >= 11 is 0. The number of aryl methyl sites for hydroxylation is 2. The van der Waals surface area contributed by atoms with Crippen LogP contribution in [0, 0.1) is 33.6 Å².